The fraction of sp³-hybridized carbons (Fsp3) is 0.182. The van der Waals surface area contributed by atoms with Gasteiger partial charge in [-0.15, -0.1) is 0 Å². The monoisotopic (exact) mass is 366 g/mol. The quantitative estimate of drug-likeness (QED) is 0.394. The van der Waals surface area contributed by atoms with E-state index in [0.717, 1.165) is 11.3 Å². The van der Waals surface area contributed by atoms with E-state index in [1.165, 1.54) is 12.1 Å². The van der Waals surface area contributed by atoms with Crippen LogP contribution in [0.4, 0.5) is 0 Å². The van der Waals surface area contributed by atoms with Gasteiger partial charge in [-0.2, -0.15) is 0 Å². The van der Waals surface area contributed by atoms with Crippen LogP contribution < -0.4 is 9.47 Å². The average molecular weight is 366 g/mol. The third kappa shape index (κ3) is 6.15. The van der Waals surface area contributed by atoms with Crippen molar-refractivity contribution in [2.75, 3.05) is 6.61 Å². The van der Waals surface area contributed by atoms with E-state index in [1.54, 1.807) is 18.2 Å². The van der Waals surface area contributed by atoms with E-state index in [4.69, 9.17) is 14.6 Å². The van der Waals surface area contributed by atoms with Crippen molar-refractivity contribution < 1.29 is 24.2 Å². The third-order valence-electron chi connectivity index (χ3n) is 3.72. The van der Waals surface area contributed by atoms with Crippen LogP contribution in [0, 0.1) is 0 Å². The molecule has 0 amide bonds. The molecule has 0 aliphatic carbocycles. The lowest BCUT2D eigenvalue weighted by Crippen LogP contribution is -2.12. The smallest absolute Gasteiger partial charge is 0.341 e. The first-order valence-electron chi connectivity index (χ1n) is 8.62. The van der Waals surface area contributed by atoms with Gasteiger partial charge in [-0.05, 0) is 36.8 Å². The number of benzene rings is 2. The maximum atomic E-state index is 12.6. The molecule has 0 aromatic heterocycles. The van der Waals surface area contributed by atoms with Crippen molar-refractivity contribution in [2.45, 2.75) is 20.3 Å². The van der Waals surface area contributed by atoms with Gasteiger partial charge in [0.05, 0.1) is 11.3 Å². The third-order valence-corrected chi connectivity index (χ3v) is 3.72. The number of rotatable bonds is 9. The van der Waals surface area contributed by atoms with Crippen LogP contribution in [-0.4, -0.2) is 23.5 Å². The van der Waals surface area contributed by atoms with Gasteiger partial charge < -0.3 is 14.6 Å². The van der Waals surface area contributed by atoms with Gasteiger partial charge in [0.25, 0.3) is 0 Å². The fourth-order valence-corrected chi connectivity index (χ4v) is 2.34. The summed E-state index contributed by atoms with van der Waals surface area (Å²) in [4.78, 5) is 23.4. The van der Waals surface area contributed by atoms with E-state index < -0.39 is 12.6 Å². The van der Waals surface area contributed by atoms with E-state index in [0.29, 0.717) is 12.2 Å². The van der Waals surface area contributed by atoms with Crippen molar-refractivity contribution in [3.05, 3.63) is 77.6 Å². The number of carbonyl (C=O) groups excluding carboxylic acids is 1. The van der Waals surface area contributed by atoms with E-state index in [-0.39, 0.29) is 17.1 Å². The van der Waals surface area contributed by atoms with Crippen molar-refractivity contribution >= 4 is 17.8 Å². The first kappa shape index (κ1) is 20.0. The number of carboxylic acid groups (broad SMARTS) is 1. The Hall–Kier alpha value is -3.34. The van der Waals surface area contributed by atoms with Crippen LogP contribution in [0.5, 0.6) is 11.5 Å². The minimum Gasteiger partial charge on any atom is -0.481 e. The molecule has 5 nitrogen and oxygen atoms in total. The van der Waals surface area contributed by atoms with Gasteiger partial charge in [-0.1, -0.05) is 43.3 Å². The van der Waals surface area contributed by atoms with Crippen LogP contribution in [0.25, 0.3) is 6.08 Å². The summed E-state index contributed by atoms with van der Waals surface area (Å²) in [6.07, 6.45) is 5.69. The SMILES string of the molecule is C/C=C(\CC)Oc1ccc(C(=O)/C=C/c2ccccc2)c(OCC(=O)O)c1. The molecule has 0 bridgehead atoms. The van der Waals surface area contributed by atoms with Crippen LogP contribution in [0.3, 0.4) is 0 Å². The van der Waals surface area contributed by atoms with E-state index in [9.17, 15) is 9.59 Å². The number of ether oxygens (including phenoxy) is 2. The first-order valence-corrected chi connectivity index (χ1v) is 8.62. The van der Waals surface area contributed by atoms with Crippen LogP contribution in [0.2, 0.25) is 0 Å². The zero-order valence-electron chi connectivity index (χ0n) is 15.3. The molecule has 0 unspecified atom stereocenters. The summed E-state index contributed by atoms with van der Waals surface area (Å²) in [6, 6.07) is 14.2. The van der Waals surface area contributed by atoms with Gasteiger partial charge in [-0.25, -0.2) is 4.79 Å². The summed E-state index contributed by atoms with van der Waals surface area (Å²) in [5.41, 5.74) is 1.16. The minimum absolute atomic E-state index is 0.171. The second-order valence-electron chi connectivity index (χ2n) is 5.66. The molecule has 140 valence electrons. The number of carbonyl (C=O) groups is 2. The number of hydrogen-bond acceptors (Lipinski definition) is 4. The van der Waals surface area contributed by atoms with Crippen LogP contribution in [0.1, 0.15) is 36.2 Å². The molecule has 0 fully saturated rings. The summed E-state index contributed by atoms with van der Waals surface area (Å²) in [5.74, 6) is 0.00937. The molecule has 1 N–H and O–H groups in total. The molecule has 27 heavy (non-hydrogen) atoms. The molecule has 0 radical (unpaired) electrons. The Morgan fingerprint density at radius 1 is 1.11 bits per heavy atom. The van der Waals surface area contributed by atoms with E-state index in [2.05, 4.69) is 0 Å². The number of aliphatic carboxylic acids is 1. The number of carboxylic acids is 1. The van der Waals surface area contributed by atoms with Crippen LogP contribution in [-0.2, 0) is 4.79 Å². The maximum absolute atomic E-state index is 12.6. The average Bonchev–Trinajstić information content (AvgIpc) is 2.69. The first-order chi connectivity index (χ1) is 13.0. The Labute approximate surface area is 158 Å². The molecule has 0 aliphatic heterocycles. The summed E-state index contributed by atoms with van der Waals surface area (Å²) in [7, 11) is 0. The summed E-state index contributed by atoms with van der Waals surface area (Å²) in [6.45, 7) is 3.28. The lowest BCUT2D eigenvalue weighted by molar-refractivity contribution is -0.139. The Morgan fingerprint density at radius 2 is 1.85 bits per heavy atom. The maximum Gasteiger partial charge on any atom is 0.341 e. The molecule has 2 aromatic rings. The number of allylic oxidation sites excluding steroid dienone is 3. The van der Waals surface area contributed by atoms with Gasteiger partial charge in [0.1, 0.15) is 11.5 Å². The lowest BCUT2D eigenvalue weighted by atomic mass is 10.1. The predicted molar refractivity (Wildman–Crippen MR) is 104 cm³/mol. The molecule has 0 aliphatic rings. The lowest BCUT2D eigenvalue weighted by Gasteiger charge is -2.12. The summed E-state index contributed by atoms with van der Waals surface area (Å²) in [5, 5.41) is 8.88. The minimum atomic E-state index is -1.12. The van der Waals surface area contributed by atoms with Gasteiger partial charge in [0.15, 0.2) is 12.4 Å². The highest BCUT2D eigenvalue weighted by atomic mass is 16.5. The molecule has 2 aromatic carbocycles. The molecule has 0 saturated heterocycles. The Kier molecular flexibility index (Phi) is 7.37. The normalized spacial score (nSPS) is 11.4. The second-order valence-corrected chi connectivity index (χ2v) is 5.66. The van der Waals surface area contributed by atoms with Crippen molar-refractivity contribution in [2.24, 2.45) is 0 Å². The summed E-state index contributed by atoms with van der Waals surface area (Å²) >= 11 is 0. The predicted octanol–water partition coefficient (Wildman–Crippen LogP) is 4.74. The van der Waals surface area contributed by atoms with Crippen LogP contribution in [0.15, 0.2) is 66.4 Å². The molecule has 0 atom stereocenters. The van der Waals surface area contributed by atoms with E-state index in [1.807, 2.05) is 50.3 Å². The van der Waals surface area contributed by atoms with Gasteiger partial charge in [0.2, 0.25) is 0 Å². The molecular formula is C22H22O5. The summed E-state index contributed by atoms with van der Waals surface area (Å²) < 4.78 is 11.0. The van der Waals surface area contributed by atoms with Crippen molar-refractivity contribution in [1.29, 1.82) is 0 Å². The van der Waals surface area contributed by atoms with Crippen molar-refractivity contribution in [1.82, 2.24) is 0 Å². The largest absolute Gasteiger partial charge is 0.481 e. The number of hydrogen-bond donors (Lipinski definition) is 1. The molecule has 0 saturated carbocycles. The van der Waals surface area contributed by atoms with Crippen molar-refractivity contribution in [3.63, 3.8) is 0 Å². The van der Waals surface area contributed by atoms with Gasteiger partial charge >= 0.3 is 5.97 Å². The highest BCUT2D eigenvalue weighted by molar-refractivity contribution is 6.08. The molecule has 5 heteroatoms. The molecule has 2 rings (SSSR count). The Bertz CT molecular complexity index is 850. The fourth-order valence-electron chi connectivity index (χ4n) is 2.34. The standard InChI is InChI=1S/C22H22O5/c1-3-17(4-2)27-18-11-12-19(21(14-18)26-15-22(24)25)20(23)13-10-16-8-6-5-7-9-16/h3,5-14H,4,15H2,1-2H3,(H,24,25)/b13-10+,17-3+. The Morgan fingerprint density at radius 3 is 2.48 bits per heavy atom. The zero-order valence-corrected chi connectivity index (χ0v) is 15.3. The Balaban J connectivity index is 2.28. The van der Waals surface area contributed by atoms with Gasteiger partial charge in [-0.3, -0.25) is 4.79 Å². The highest BCUT2D eigenvalue weighted by Crippen LogP contribution is 2.27. The topological polar surface area (TPSA) is 72.8 Å². The van der Waals surface area contributed by atoms with Gasteiger partial charge in [0, 0.05) is 12.5 Å². The second kappa shape index (κ2) is 9.97. The van der Waals surface area contributed by atoms with Crippen molar-refractivity contribution in [3.8, 4) is 11.5 Å². The molecule has 0 spiro atoms. The number of ketones is 1. The zero-order chi connectivity index (χ0) is 19.6. The van der Waals surface area contributed by atoms with Crippen LogP contribution >= 0.6 is 0 Å². The van der Waals surface area contributed by atoms with E-state index >= 15 is 0 Å². The highest BCUT2D eigenvalue weighted by Gasteiger charge is 2.14. The molecule has 0 heterocycles. The molecular weight excluding hydrogens is 344 g/mol.